The smallest absolute Gasteiger partial charge is 0.242 e. The van der Waals surface area contributed by atoms with Gasteiger partial charge >= 0.3 is 0 Å². The summed E-state index contributed by atoms with van der Waals surface area (Å²) in [5.74, 6) is -0.574. The van der Waals surface area contributed by atoms with Crippen molar-refractivity contribution in [3.63, 3.8) is 0 Å². The first kappa shape index (κ1) is 26.1. The monoisotopic (exact) mass is 477 g/mol. The Labute approximate surface area is 206 Å². The van der Waals surface area contributed by atoms with E-state index >= 15 is 0 Å². The highest BCUT2D eigenvalue weighted by Crippen LogP contribution is 2.23. The quantitative estimate of drug-likeness (QED) is 0.345. The summed E-state index contributed by atoms with van der Waals surface area (Å²) in [6.07, 6.45) is 4.18. The summed E-state index contributed by atoms with van der Waals surface area (Å²) >= 11 is 0. The number of aryl methyl sites for hydroxylation is 1. The number of primary amides is 1. The lowest BCUT2D eigenvalue weighted by Crippen LogP contribution is -2.50. The minimum atomic E-state index is -1.07. The molecule has 2 unspecified atom stereocenters. The molecule has 186 valence electrons. The minimum Gasteiger partial charge on any atom is -0.391 e. The number of pyridine rings is 1. The second kappa shape index (κ2) is 12.3. The second-order valence-corrected chi connectivity index (χ2v) is 9.14. The number of rotatable bonds is 12. The lowest BCUT2D eigenvalue weighted by atomic mass is 10.0. The van der Waals surface area contributed by atoms with Crippen molar-refractivity contribution in [2.45, 2.75) is 70.9 Å². The van der Waals surface area contributed by atoms with Crippen LogP contribution in [0.5, 0.6) is 0 Å². The van der Waals surface area contributed by atoms with Crippen molar-refractivity contribution in [2.24, 2.45) is 5.73 Å². The van der Waals surface area contributed by atoms with Crippen molar-refractivity contribution in [1.82, 2.24) is 20.1 Å². The van der Waals surface area contributed by atoms with Gasteiger partial charge in [0, 0.05) is 18.3 Å². The molecular formula is C27H35N5O3. The molecule has 0 bridgehead atoms. The Morgan fingerprint density at radius 1 is 1.03 bits per heavy atom. The van der Waals surface area contributed by atoms with Crippen molar-refractivity contribution in [2.75, 3.05) is 0 Å². The summed E-state index contributed by atoms with van der Waals surface area (Å²) in [7, 11) is 0. The summed E-state index contributed by atoms with van der Waals surface area (Å²) in [6.45, 7) is 5.77. The molecule has 1 aromatic carbocycles. The zero-order chi connectivity index (χ0) is 25.4. The molecule has 0 aliphatic rings. The van der Waals surface area contributed by atoms with E-state index in [2.05, 4.69) is 54.5 Å². The number of hydrogen-bond acceptors (Lipinski definition) is 5. The van der Waals surface area contributed by atoms with Crippen LogP contribution < -0.4 is 11.1 Å². The Bertz CT molecular complexity index is 1110. The molecule has 0 saturated carbocycles. The molecule has 0 spiro atoms. The third-order valence-corrected chi connectivity index (χ3v) is 5.96. The number of carbonyl (C=O) groups excluding carboxylic acids is 2. The topological polar surface area (TPSA) is 123 Å². The number of aliphatic hydroxyl groups excluding tert-OH is 1. The summed E-state index contributed by atoms with van der Waals surface area (Å²) in [6, 6.07) is 15.2. The highest BCUT2D eigenvalue weighted by molar-refractivity contribution is 5.87. The predicted molar refractivity (Wildman–Crippen MR) is 136 cm³/mol. The Kier molecular flexibility index (Phi) is 9.14. The number of benzene rings is 1. The average Bonchev–Trinajstić information content (AvgIpc) is 3.26. The Morgan fingerprint density at radius 3 is 2.37 bits per heavy atom. The van der Waals surface area contributed by atoms with Crippen LogP contribution >= 0.6 is 0 Å². The Morgan fingerprint density at radius 2 is 1.77 bits per heavy atom. The highest BCUT2D eigenvalue weighted by atomic mass is 16.3. The van der Waals surface area contributed by atoms with Crippen LogP contribution in [0.4, 0.5) is 0 Å². The number of nitrogens with zero attached hydrogens (tertiary/aromatic N) is 3. The van der Waals surface area contributed by atoms with Crippen molar-refractivity contribution in [3.8, 4) is 17.1 Å². The number of nitrogens with two attached hydrogens (primary N) is 1. The molecule has 4 N–H and O–H groups in total. The first-order chi connectivity index (χ1) is 16.8. The molecule has 2 atom stereocenters. The third-order valence-electron chi connectivity index (χ3n) is 5.96. The van der Waals surface area contributed by atoms with E-state index in [1.165, 1.54) is 12.5 Å². The van der Waals surface area contributed by atoms with E-state index in [9.17, 15) is 14.7 Å². The van der Waals surface area contributed by atoms with Gasteiger partial charge in [-0.1, -0.05) is 38.5 Å². The zero-order valence-corrected chi connectivity index (χ0v) is 20.6. The number of unbranched alkanes of at least 4 members (excludes halogenated alkanes) is 2. The number of hydrogen-bond donors (Lipinski definition) is 3. The fourth-order valence-corrected chi connectivity index (χ4v) is 3.90. The molecule has 0 radical (unpaired) electrons. The van der Waals surface area contributed by atoms with Crippen LogP contribution in [0.25, 0.3) is 17.1 Å². The van der Waals surface area contributed by atoms with Gasteiger partial charge in [-0.3, -0.25) is 14.6 Å². The fourth-order valence-electron chi connectivity index (χ4n) is 3.90. The summed E-state index contributed by atoms with van der Waals surface area (Å²) < 4.78 is 1.97. The van der Waals surface area contributed by atoms with Crippen molar-refractivity contribution < 1.29 is 14.7 Å². The van der Waals surface area contributed by atoms with Gasteiger partial charge in [0.1, 0.15) is 11.7 Å². The standard InChI is InChI=1S/C27H35N5O3/c1-18(2)20-12-14-21(15-13-20)32-22(17-24(31-32)23-10-7-8-16-29-23)9-5-4-6-11-25(34)30-26(19(3)33)27(28)35/h7-8,10,12-19,26,33H,4-6,9,11H2,1-3H3,(H2,28,35)(H,30,34). The van der Waals surface area contributed by atoms with Crippen LogP contribution in [0.2, 0.25) is 0 Å². The molecule has 3 aromatic rings. The van der Waals surface area contributed by atoms with Gasteiger partial charge in [0.15, 0.2) is 0 Å². The van der Waals surface area contributed by atoms with Crippen LogP contribution in [0.1, 0.15) is 63.6 Å². The molecule has 2 aromatic heterocycles. The molecule has 0 aliphatic carbocycles. The fraction of sp³-hybridized carbons (Fsp3) is 0.407. The molecule has 8 heteroatoms. The highest BCUT2D eigenvalue weighted by Gasteiger charge is 2.22. The zero-order valence-electron chi connectivity index (χ0n) is 20.6. The summed E-state index contributed by atoms with van der Waals surface area (Å²) in [4.78, 5) is 27.9. The van der Waals surface area contributed by atoms with Gasteiger partial charge < -0.3 is 16.2 Å². The summed E-state index contributed by atoms with van der Waals surface area (Å²) in [5.41, 5.74) is 10.2. The van der Waals surface area contributed by atoms with E-state index in [1.807, 2.05) is 22.9 Å². The van der Waals surface area contributed by atoms with Crippen LogP contribution in [0, 0.1) is 0 Å². The maximum absolute atomic E-state index is 12.1. The van der Waals surface area contributed by atoms with E-state index in [0.29, 0.717) is 12.3 Å². The van der Waals surface area contributed by atoms with E-state index in [-0.39, 0.29) is 12.3 Å². The number of carbonyl (C=O) groups is 2. The SMILES string of the molecule is CC(C)c1ccc(-n2nc(-c3ccccn3)cc2CCCCCC(=O)NC(C(N)=O)C(C)O)cc1. The summed E-state index contributed by atoms with van der Waals surface area (Å²) in [5, 5.41) is 16.9. The first-order valence-corrected chi connectivity index (χ1v) is 12.1. The lowest BCUT2D eigenvalue weighted by molar-refractivity contribution is -0.129. The molecular weight excluding hydrogens is 442 g/mol. The minimum absolute atomic E-state index is 0.269. The Hall–Kier alpha value is -3.52. The van der Waals surface area contributed by atoms with E-state index in [4.69, 9.17) is 10.8 Å². The van der Waals surface area contributed by atoms with Crippen molar-refractivity contribution >= 4 is 11.8 Å². The molecule has 35 heavy (non-hydrogen) atoms. The normalized spacial score (nSPS) is 12.9. The number of aliphatic hydroxyl groups is 1. The molecule has 2 amide bonds. The maximum Gasteiger partial charge on any atom is 0.242 e. The van der Waals surface area contributed by atoms with Crippen molar-refractivity contribution in [1.29, 1.82) is 0 Å². The van der Waals surface area contributed by atoms with Gasteiger partial charge in [0.25, 0.3) is 0 Å². The van der Waals surface area contributed by atoms with Gasteiger partial charge in [0.05, 0.1) is 17.5 Å². The van der Waals surface area contributed by atoms with Crippen molar-refractivity contribution in [3.05, 3.63) is 66.0 Å². The molecule has 0 aliphatic heterocycles. The molecule has 0 saturated heterocycles. The van der Waals surface area contributed by atoms with E-state index in [0.717, 1.165) is 42.0 Å². The number of aromatic nitrogens is 3. The maximum atomic E-state index is 12.1. The van der Waals surface area contributed by atoms with E-state index in [1.54, 1.807) is 6.20 Å². The third kappa shape index (κ3) is 7.23. The Balaban J connectivity index is 1.64. The van der Waals surface area contributed by atoms with Crippen LogP contribution in [0.3, 0.4) is 0 Å². The molecule has 2 heterocycles. The van der Waals surface area contributed by atoms with E-state index < -0.39 is 18.1 Å². The van der Waals surface area contributed by atoms with Crippen LogP contribution in [0.15, 0.2) is 54.7 Å². The number of amides is 2. The van der Waals surface area contributed by atoms with Gasteiger partial charge in [0.2, 0.25) is 11.8 Å². The largest absolute Gasteiger partial charge is 0.391 e. The van der Waals surface area contributed by atoms with Gasteiger partial charge in [-0.15, -0.1) is 0 Å². The first-order valence-electron chi connectivity index (χ1n) is 12.1. The van der Waals surface area contributed by atoms with Gasteiger partial charge in [-0.25, -0.2) is 4.68 Å². The van der Waals surface area contributed by atoms with Gasteiger partial charge in [-0.2, -0.15) is 5.10 Å². The van der Waals surface area contributed by atoms with Crippen LogP contribution in [-0.4, -0.2) is 43.8 Å². The average molecular weight is 478 g/mol. The molecule has 3 rings (SSSR count). The predicted octanol–water partition coefficient (Wildman–Crippen LogP) is 3.51. The molecule has 8 nitrogen and oxygen atoms in total. The lowest BCUT2D eigenvalue weighted by Gasteiger charge is -2.17. The number of nitrogens with one attached hydrogen (secondary N) is 1. The molecule has 0 fully saturated rings. The van der Waals surface area contributed by atoms with Gasteiger partial charge in [-0.05, 0) is 68.0 Å². The second-order valence-electron chi connectivity index (χ2n) is 9.14. The van der Waals surface area contributed by atoms with Crippen LogP contribution in [-0.2, 0) is 16.0 Å².